The maximum absolute atomic E-state index is 13.7. The minimum atomic E-state index is -0.629. The fraction of sp³-hybridized carbons (Fsp3) is 0.517. The summed E-state index contributed by atoms with van der Waals surface area (Å²) in [5.41, 5.74) is 2.94. The quantitative estimate of drug-likeness (QED) is 0.542. The number of carbonyl (C=O) groups is 2. The highest BCUT2D eigenvalue weighted by atomic mass is 19.1. The van der Waals surface area contributed by atoms with Crippen molar-refractivity contribution in [2.75, 3.05) is 19.7 Å². The van der Waals surface area contributed by atoms with E-state index in [0.717, 1.165) is 42.6 Å². The lowest BCUT2D eigenvalue weighted by Crippen LogP contribution is -2.42. The zero-order valence-electron chi connectivity index (χ0n) is 21.5. The molecule has 3 unspecified atom stereocenters. The van der Waals surface area contributed by atoms with Gasteiger partial charge in [-0.1, -0.05) is 39.0 Å². The molecule has 1 fully saturated rings. The van der Waals surface area contributed by atoms with Crippen LogP contribution in [0.5, 0.6) is 5.75 Å². The van der Waals surface area contributed by atoms with Gasteiger partial charge in [-0.15, -0.1) is 0 Å². The van der Waals surface area contributed by atoms with Gasteiger partial charge in [-0.25, -0.2) is 4.39 Å². The second-order valence-electron chi connectivity index (χ2n) is 10.1. The van der Waals surface area contributed by atoms with Crippen LogP contribution in [0.25, 0.3) is 0 Å². The van der Waals surface area contributed by atoms with E-state index in [1.165, 1.54) is 12.1 Å². The number of carbonyl (C=O) groups excluding carboxylic acids is 2. The lowest BCUT2D eigenvalue weighted by Gasteiger charge is -2.38. The summed E-state index contributed by atoms with van der Waals surface area (Å²) < 4.78 is 25.5. The number of benzene rings is 2. The van der Waals surface area contributed by atoms with Crippen molar-refractivity contribution in [3.05, 3.63) is 65.0 Å². The average molecular weight is 497 g/mol. The normalized spacial score (nSPS) is 20.2. The van der Waals surface area contributed by atoms with Crippen molar-refractivity contribution in [1.82, 2.24) is 10.2 Å². The molecule has 194 valence electrons. The van der Waals surface area contributed by atoms with Crippen molar-refractivity contribution in [3.63, 3.8) is 0 Å². The summed E-state index contributed by atoms with van der Waals surface area (Å²) in [6.45, 7) is 7.82. The van der Waals surface area contributed by atoms with Crippen molar-refractivity contribution in [2.45, 2.75) is 71.1 Å². The Bertz CT molecular complexity index is 1050. The number of hydrogen-bond donors (Lipinski definition) is 1. The number of hydrogen-bond acceptors (Lipinski definition) is 4. The predicted molar refractivity (Wildman–Crippen MR) is 136 cm³/mol. The van der Waals surface area contributed by atoms with Crippen LogP contribution in [0.1, 0.15) is 69.2 Å². The van der Waals surface area contributed by atoms with E-state index in [4.69, 9.17) is 9.47 Å². The molecule has 0 bridgehead atoms. The van der Waals surface area contributed by atoms with Crippen LogP contribution in [0.15, 0.2) is 42.5 Å². The molecule has 0 aliphatic carbocycles. The van der Waals surface area contributed by atoms with Crippen LogP contribution in [0.3, 0.4) is 0 Å². The molecule has 2 aromatic carbocycles. The van der Waals surface area contributed by atoms with Crippen molar-refractivity contribution < 1.29 is 23.5 Å². The molecule has 0 aromatic heterocycles. The molecule has 1 N–H and O–H groups in total. The number of amides is 2. The monoisotopic (exact) mass is 496 g/mol. The van der Waals surface area contributed by atoms with E-state index in [1.807, 2.05) is 43.9 Å². The molecule has 2 aliphatic rings. The molecule has 0 spiro atoms. The first kappa shape index (κ1) is 26.1. The van der Waals surface area contributed by atoms with Gasteiger partial charge in [0, 0.05) is 26.1 Å². The SMILES string of the molecule is CCC(Oc1ccc2c(c1)C(c1ccc(F)cc1)N(C(=O)CC(C)C)CC2)C(=O)NCC1CCCO1. The van der Waals surface area contributed by atoms with Crippen molar-refractivity contribution >= 4 is 11.8 Å². The maximum Gasteiger partial charge on any atom is 0.261 e. The van der Waals surface area contributed by atoms with Crippen molar-refractivity contribution in [3.8, 4) is 5.75 Å². The van der Waals surface area contributed by atoms with Gasteiger partial charge in [-0.2, -0.15) is 0 Å². The van der Waals surface area contributed by atoms with E-state index < -0.39 is 6.10 Å². The van der Waals surface area contributed by atoms with Gasteiger partial charge in [0.05, 0.1) is 12.1 Å². The third-order valence-corrected chi connectivity index (χ3v) is 6.90. The minimum absolute atomic E-state index is 0.0704. The standard InChI is InChI=1S/C29H37FN2O4/c1-4-26(29(34)31-18-24-6-5-15-35-24)36-23-12-9-20-13-14-32(27(33)16-19(2)3)28(25(20)17-23)21-7-10-22(30)11-8-21/h7-12,17,19,24,26,28H,4-6,13-16,18H2,1-3H3,(H,31,34). The van der Waals surface area contributed by atoms with Crippen LogP contribution in [0, 0.1) is 11.7 Å². The molecule has 36 heavy (non-hydrogen) atoms. The Morgan fingerprint density at radius 1 is 1.19 bits per heavy atom. The zero-order valence-corrected chi connectivity index (χ0v) is 21.5. The molecular weight excluding hydrogens is 459 g/mol. The number of fused-ring (bicyclic) bond motifs is 1. The number of rotatable bonds is 9. The van der Waals surface area contributed by atoms with Crippen LogP contribution in [-0.4, -0.2) is 48.6 Å². The van der Waals surface area contributed by atoms with Gasteiger partial charge in [-0.05, 0) is 72.6 Å². The highest BCUT2D eigenvalue weighted by Crippen LogP contribution is 2.38. The molecule has 2 amide bonds. The zero-order chi connectivity index (χ0) is 25.7. The summed E-state index contributed by atoms with van der Waals surface area (Å²) in [7, 11) is 0. The van der Waals surface area contributed by atoms with Gasteiger partial charge in [-0.3, -0.25) is 9.59 Å². The molecule has 1 saturated heterocycles. The number of nitrogens with zero attached hydrogens (tertiary/aromatic N) is 1. The van der Waals surface area contributed by atoms with Gasteiger partial charge < -0.3 is 19.7 Å². The van der Waals surface area contributed by atoms with E-state index in [1.54, 1.807) is 12.1 Å². The van der Waals surface area contributed by atoms with E-state index >= 15 is 0 Å². The molecular formula is C29H37FN2O4. The molecule has 4 rings (SSSR count). The van der Waals surface area contributed by atoms with E-state index in [0.29, 0.717) is 31.7 Å². The molecule has 7 heteroatoms. The minimum Gasteiger partial charge on any atom is -0.481 e. The molecule has 2 heterocycles. The smallest absolute Gasteiger partial charge is 0.261 e. The summed E-state index contributed by atoms with van der Waals surface area (Å²) in [5, 5.41) is 2.96. The van der Waals surface area contributed by atoms with Crippen molar-refractivity contribution in [1.29, 1.82) is 0 Å². The van der Waals surface area contributed by atoms with Crippen molar-refractivity contribution in [2.24, 2.45) is 5.92 Å². The summed E-state index contributed by atoms with van der Waals surface area (Å²) in [4.78, 5) is 27.9. The van der Waals surface area contributed by atoms with E-state index in [2.05, 4.69) is 5.32 Å². The second kappa shape index (κ2) is 11.9. The van der Waals surface area contributed by atoms with Gasteiger partial charge in [0.1, 0.15) is 11.6 Å². The third kappa shape index (κ3) is 6.25. The van der Waals surface area contributed by atoms with Gasteiger partial charge in [0.2, 0.25) is 5.91 Å². The molecule has 3 atom stereocenters. The number of ether oxygens (including phenoxy) is 2. The summed E-state index contributed by atoms with van der Waals surface area (Å²) in [6.07, 6.45) is 3.13. The molecule has 0 radical (unpaired) electrons. The number of halogens is 1. The van der Waals surface area contributed by atoms with Crippen LogP contribution < -0.4 is 10.1 Å². The summed E-state index contributed by atoms with van der Waals surface area (Å²) in [5.74, 6) is 0.427. The van der Waals surface area contributed by atoms with Gasteiger partial charge in [0.25, 0.3) is 5.91 Å². The Balaban J connectivity index is 1.58. The highest BCUT2D eigenvalue weighted by Gasteiger charge is 2.33. The molecule has 6 nitrogen and oxygen atoms in total. The Hall–Kier alpha value is -2.93. The Labute approximate surface area is 213 Å². The number of nitrogens with one attached hydrogen (secondary N) is 1. The van der Waals surface area contributed by atoms with Crippen LogP contribution in [-0.2, 0) is 20.7 Å². The predicted octanol–water partition coefficient (Wildman–Crippen LogP) is 4.80. The first-order valence-electron chi connectivity index (χ1n) is 13.1. The van der Waals surface area contributed by atoms with Gasteiger partial charge in [0.15, 0.2) is 6.10 Å². The lowest BCUT2D eigenvalue weighted by molar-refractivity contribution is -0.134. The van der Waals surface area contributed by atoms with E-state index in [-0.39, 0.29) is 35.7 Å². The summed E-state index contributed by atoms with van der Waals surface area (Å²) >= 11 is 0. The Kier molecular flexibility index (Phi) is 8.62. The molecule has 2 aromatic rings. The fourth-order valence-corrected chi connectivity index (χ4v) is 5.03. The largest absolute Gasteiger partial charge is 0.481 e. The molecule has 0 saturated carbocycles. The second-order valence-corrected chi connectivity index (χ2v) is 10.1. The van der Waals surface area contributed by atoms with Crippen LogP contribution >= 0.6 is 0 Å². The van der Waals surface area contributed by atoms with Gasteiger partial charge >= 0.3 is 0 Å². The molecule has 2 aliphatic heterocycles. The van der Waals surface area contributed by atoms with Crippen LogP contribution in [0.4, 0.5) is 4.39 Å². The first-order chi connectivity index (χ1) is 17.4. The summed E-state index contributed by atoms with van der Waals surface area (Å²) in [6, 6.07) is 11.9. The van der Waals surface area contributed by atoms with E-state index in [9.17, 15) is 14.0 Å². The first-order valence-corrected chi connectivity index (χ1v) is 13.1. The fourth-order valence-electron chi connectivity index (χ4n) is 5.03. The Morgan fingerprint density at radius 3 is 2.64 bits per heavy atom. The topological polar surface area (TPSA) is 67.9 Å². The maximum atomic E-state index is 13.7. The Morgan fingerprint density at radius 2 is 1.97 bits per heavy atom. The lowest BCUT2D eigenvalue weighted by atomic mass is 9.87. The third-order valence-electron chi connectivity index (χ3n) is 6.90. The highest BCUT2D eigenvalue weighted by molar-refractivity contribution is 5.81. The van der Waals surface area contributed by atoms with Crippen LogP contribution in [0.2, 0.25) is 0 Å². The average Bonchev–Trinajstić information content (AvgIpc) is 3.39.